The van der Waals surface area contributed by atoms with Crippen molar-refractivity contribution in [3.05, 3.63) is 29.3 Å². The molecule has 0 bridgehead atoms. The summed E-state index contributed by atoms with van der Waals surface area (Å²) in [6.07, 6.45) is 4.81. The first kappa shape index (κ1) is 9.53. The van der Waals surface area contributed by atoms with Crippen LogP contribution in [-0.4, -0.2) is 5.71 Å². The Labute approximate surface area is 89.0 Å². The molecule has 1 aliphatic carbocycles. The van der Waals surface area contributed by atoms with Crippen molar-refractivity contribution in [2.24, 2.45) is 5.10 Å². The van der Waals surface area contributed by atoms with E-state index >= 15 is 0 Å². The molecule has 0 spiro atoms. The second kappa shape index (κ2) is 4.47. The average molecular weight is 209 g/mol. The van der Waals surface area contributed by atoms with Gasteiger partial charge >= 0.3 is 0 Å². The standard InChI is InChI=1S/C11H13ClN2/c12-9-4-3-7-11(8-9)14-13-10-5-1-2-6-10/h3-4,7-8,14H,1-2,5-6H2. The van der Waals surface area contributed by atoms with Gasteiger partial charge in [0.25, 0.3) is 0 Å². The van der Waals surface area contributed by atoms with E-state index in [-0.39, 0.29) is 0 Å². The van der Waals surface area contributed by atoms with Crippen molar-refractivity contribution in [1.82, 2.24) is 0 Å². The van der Waals surface area contributed by atoms with E-state index < -0.39 is 0 Å². The van der Waals surface area contributed by atoms with Gasteiger partial charge in [0.05, 0.1) is 5.69 Å². The second-order valence-corrected chi connectivity index (χ2v) is 3.94. The van der Waals surface area contributed by atoms with Crippen molar-refractivity contribution in [3.63, 3.8) is 0 Å². The summed E-state index contributed by atoms with van der Waals surface area (Å²) in [4.78, 5) is 0. The molecule has 1 fully saturated rings. The Morgan fingerprint density at radius 3 is 2.71 bits per heavy atom. The molecule has 1 aromatic carbocycles. The maximum absolute atomic E-state index is 5.85. The van der Waals surface area contributed by atoms with E-state index in [2.05, 4.69) is 10.5 Å². The van der Waals surface area contributed by atoms with Crippen molar-refractivity contribution in [2.45, 2.75) is 25.7 Å². The molecule has 0 atom stereocenters. The fourth-order valence-corrected chi connectivity index (χ4v) is 1.79. The SMILES string of the molecule is Clc1cccc(NN=C2CCCC2)c1. The van der Waals surface area contributed by atoms with Crippen molar-refractivity contribution in [2.75, 3.05) is 5.43 Å². The van der Waals surface area contributed by atoms with E-state index in [1.807, 2.05) is 24.3 Å². The largest absolute Gasteiger partial charge is 0.279 e. The maximum Gasteiger partial charge on any atom is 0.0576 e. The minimum Gasteiger partial charge on any atom is -0.279 e. The van der Waals surface area contributed by atoms with Gasteiger partial charge in [-0.25, -0.2) is 0 Å². The Balaban J connectivity index is 2.00. The number of nitrogens with zero attached hydrogens (tertiary/aromatic N) is 1. The number of anilines is 1. The minimum atomic E-state index is 0.738. The van der Waals surface area contributed by atoms with Crippen molar-refractivity contribution < 1.29 is 0 Å². The quantitative estimate of drug-likeness (QED) is 0.737. The zero-order chi connectivity index (χ0) is 9.80. The number of nitrogens with one attached hydrogen (secondary N) is 1. The Kier molecular flexibility index (Phi) is 3.04. The first-order valence-electron chi connectivity index (χ1n) is 4.91. The highest BCUT2D eigenvalue weighted by Crippen LogP contribution is 2.17. The van der Waals surface area contributed by atoms with Gasteiger partial charge in [0, 0.05) is 10.7 Å². The van der Waals surface area contributed by atoms with Gasteiger partial charge in [-0.1, -0.05) is 17.7 Å². The molecule has 2 nitrogen and oxygen atoms in total. The highest BCUT2D eigenvalue weighted by atomic mass is 35.5. The summed E-state index contributed by atoms with van der Waals surface area (Å²) in [5, 5.41) is 5.08. The second-order valence-electron chi connectivity index (χ2n) is 3.51. The molecule has 1 aromatic rings. The molecule has 2 rings (SSSR count). The Bertz CT molecular complexity index is 339. The van der Waals surface area contributed by atoms with Crippen LogP contribution in [0.1, 0.15) is 25.7 Å². The highest BCUT2D eigenvalue weighted by molar-refractivity contribution is 6.30. The lowest BCUT2D eigenvalue weighted by atomic mass is 10.3. The predicted molar refractivity (Wildman–Crippen MR) is 61.0 cm³/mol. The van der Waals surface area contributed by atoms with Crippen LogP contribution in [0, 0.1) is 0 Å². The first-order chi connectivity index (χ1) is 6.84. The number of halogens is 1. The molecule has 0 radical (unpaired) electrons. The molecule has 74 valence electrons. The smallest absolute Gasteiger partial charge is 0.0576 e. The van der Waals surface area contributed by atoms with Crippen LogP contribution in [0.15, 0.2) is 29.4 Å². The summed E-state index contributed by atoms with van der Waals surface area (Å²) >= 11 is 5.85. The minimum absolute atomic E-state index is 0.738. The molecular weight excluding hydrogens is 196 g/mol. The molecule has 0 unspecified atom stereocenters. The number of hydrazone groups is 1. The zero-order valence-corrected chi connectivity index (χ0v) is 8.72. The van der Waals surface area contributed by atoms with Gasteiger partial charge in [0.2, 0.25) is 0 Å². The van der Waals surface area contributed by atoms with Gasteiger partial charge in [-0.2, -0.15) is 5.10 Å². The molecule has 0 saturated heterocycles. The maximum atomic E-state index is 5.85. The van der Waals surface area contributed by atoms with Crippen LogP contribution in [0.2, 0.25) is 5.02 Å². The van der Waals surface area contributed by atoms with E-state index in [9.17, 15) is 0 Å². The summed E-state index contributed by atoms with van der Waals surface area (Å²) < 4.78 is 0. The molecule has 3 heteroatoms. The molecule has 1 saturated carbocycles. The Morgan fingerprint density at radius 2 is 2.00 bits per heavy atom. The van der Waals surface area contributed by atoms with Crippen molar-refractivity contribution in [3.8, 4) is 0 Å². The third-order valence-electron chi connectivity index (χ3n) is 2.35. The molecule has 1 N–H and O–H groups in total. The summed E-state index contributed by atoms with van der Waals surface area (Å²) in [7, 11) is 0. The van der Waals surface area contributed by atoms with E-state index in [0.717, 1.165) is 23.6 Å². The van der Waals surface area contributed by atoms with Crippen molar-refractivity contribution in [1.29, 1.82) is 0 Å². The van der Waals surface area contributed by atoms with Gasteiger partial charge in [-0.05, 0) is 43.9 Å². The summed E-state index contributed by atoms with van der Waals surface area (Å²) in [6, 6.07) is 7.61. The first-order valence-corrected chi connectivity index (χ1v) is 5.29. The molecule has 14 heavy (non-hydrogen) atoms. The molecule has 0 aliphatic heterocycles. The molecule has 1 aliphatic rings. The van der Waals surface area contributed by atoms with Crippen molar-refractivity contribution >= 4 is 23.0 Å². The third kappa shape index (κ3) is 2.48. The number of rotatable bonds is 2. The van der Waals surface area contributed by atoms with Crippen LogP contribution in [0.25, 0.3) is 0 Å². The van der Waals surface area contributed by atoms with Gasteiger partial charge < -0.3 is 0 Å². The summed E-state index contributed by atoms with van der Waals surface area (Å²) in [6.45, 7) is 0. The van der Waals surface area contributed by atoms with E-state index in [0.29, 0.717) is 0 Å². The number of hydrogen-bond acceptors (Lipinski definition) is 2. The molecule has 0 amide bonds. The van der Waals surface area contributed by atoms with Crippen LogP contribution in [0.3, 0.4) is 0 Å². The lowest BCUT2D eigenvalue weighted by Gasteiger charge is -2.01. The van der Waals surface area contributed by atoms with Crippen LogP contribution in [0.4, 0.5) is 5.69 Å². The summed E-state index contributed by atoms with van der Waals surface area (Å²) in [5.74, 6) is 0. The van der Waals surface area contributed by atoms with Crippen LogP contribution < -0.4 is 5.43 Å². The lowest BCUT2D eigenvalue weighted by Crippen LogP contribution is -1.96. The number of benzene rings is 1. The average Bonchev–Trinajstić information content (AvgIpc) is 2.67. The van der Waals surface area contributed by atoms with Crippen LogP contribution in [0.5, 0.6) is 0 Å². The monoisotopic (exact) mass is 208 g/mol. The highest BCUT2D eigenvalue weighted by Gasteiger charge is 2.07. The normalized spacial score (nSPS) is 15.6. The third-order valence-corrected chi connectivity index (χ3v) is 2.58. The zero-order valence-electron chi connectivity index (χ0n) is 7.96. The van der Waals surface area contributed by atoms with Crippen LogP contribution >= 0.6 is 11.6 Å². The predicted octanol–water partition coefficient (Wildman–Crippen LogP) is 3.68. The van der Waals surface area contributed by atoms with Gasteiger partial charge in [0.1, 0.15) is 0 Å². The molecule has 0 heterocycles. The lowest BCUT2D eigenvalue weighted by molar-refractivity contribution is 0.886. The van der Waals surface area contributed by atoms with Gasteiger partial charge in [0.15, 0.2) is 0 Å². The fraction of sp³-hybridized carbons (Fsp3) is 0.364. The van der Waals surface area contributed by atoms with Crippen LogP contribution in [-0.2, 0) is 0 Å². The van der Waals surface area contributed by atoms with Gasteiger partial charge in [-0.15, -0.1) is 0 Å². The molecular formula is C11H13ClN2. The van der Waals surface area contributed by atoms with Gasteiger partial charge in [-0.3, -0.25) is 5.43 Å². The summed E-state index contributed by atoms with van der Waals surface area (Å²) in [5.41, 5.74) is 5.25. The van der Waals surface area contributed by atoms with E-state index in [1.54, 1.807) is 0 Å². The Hall–Kier alpha value is -1.02. The topological polar surface area (TPSA) is 24.4 Å². The Morgan fingerprint density at radius 1 is 1.21 bits per heavy atom. The fourth-order valence-electron chi connectivity index (χ4n) is 1.60. The molecule has 0 aromatic heterocycles. The number of hydrogen-bond donors (Lipinski definition) is 1. The van der Waals surface area contributed by atoms with E-state index in [4.69, 9.17) is 11.6 Å². The van der Waals surface area contributed by atoms with E-state index in [1.165, 1.54) is 18.6 Å².